The molecule has 0 unspecified atom stereocenters. The van der Waals surface area contributed by atoms with Crippen molar-refractivity contribution in [3.05, 3.63) is 35.9 Å². The van der Waals surface area contributed by atoms with Gasteiger partial charge in [-0.3, -0.25) is 4.79 Å². The zero-order valence-corrected chi connectivity index (χ0v) is 12.6. The fourth-order valence-corrected chi connectivity index (χ4v) is 1.80. The molecule has 1 aromatic rings. The van der Waals surface area contributed by atoms with Crippen LogP contribution in [0.1, 0.15) is 32.8 Å². The number of carbonyl (C=O) groups excluding carboxylic acids is 1. The molecule has 0 radical (unpaired) electrons. The van der Waals surface area contributed by atoms with Crippen LogP contribution in [0.15, 0.2) is 30.3 Å². The Bertz CT molecular complexity index is 381. The van der Waals surface area contributed by atoms with E-state index >= 15 is 0 Å². The van der Waals surface area contributed by atoms with Gasteiger partial charge in [0.25, 0.3) is 0 Å². The molecule has 3 heteroatoms. The van der Waals surface area contributed by atoms with Crippen molar-refractivity contribution in [1.29, 1.82) is 0 Å². The van der Waals surface area contributed by atoms with Crippen LogP contribution >= 0.6 is 0 Å². The van der Waals surface area contributed by atoms with Crippen molar-refractivity contribution in [2.45, 2.75) is 39.2 Å². The summed E-state index contributed by atoms with van der Waals surface area (Å²) in [5, 5.41) is 3.33. The van der Waals surface area contributed by atoms with Gasteiger partial charge >= 0.3 is 0 Å². The highest BCUT2D eigenvalue weighted by Gasteiger charge is 2.12. The molecule has 0 aliphatic heterocycles. The van der Waals surface area contributed by atoms with E-state index in [9.17, 15) is 4.79 Å². The van der Waals surface area contributed by atoms with Gasteiger partial charge in [-0.15, -0.1) is 0 Å². The number of benzene rings is 1. The van der Waals surface area contributed by atoms with Crippen molar-refractivity contribution in [2.24, 2.45) is 0 Å². The van der Waals surface area contributed by atoms with Gasteiger partial charge in [-0.05, 0) is 32.8 Å². The molecule has 1 aromatic carbocycles. The van der Waals surface area contributed by atoms with Crippen LogP contribution in [0, 0.1) is 0 Å². The standard InChI is InChI=1S/C16H26N2O/c1-16(2,3)17-12-10-15(19)18(4)13-11-14-8-6-5-7-9-14/h5-9,17H,10-13H2,1-4H3. The second-order valence-corrected chi connectivity index (χ2v) is 5.98. The molecule has 3 nitrogen and oxygen atoms in total. The minimum absolute atomic E-state index is 0.0723. The van der Waals surface area contributed by atoms with Crippen molar-refractivity contribution in [3.8, 4) is 0 Å². The molecular weight excluding hydrogens is 236 g/mol. The number of hydrogen-bond acceptors (Lipinski definition) is 2. The summed E-state index contributed by atoms with van der Waals surface area (Å²) in [6, 6.07) is 10.3. The maximum absolute atomic E-state index is 11.9. The van der Waals surface area contributed by atoms with Gasteiger partial charge < -0.3 is 10.2 Å². The molecule has 0 aromatic heterocycles. The third-order valence-corrected chi connectivity index (χ3v) is 3.00. The molecule has 0 fully saturated rings. The minimum Gasteiger partial charge on any atom is -0.345 e. The van der Waals surface area contributed by atoms with Gasteiger partial charge in [0.05, 0.1) is 0 Å². The number of nitrogens with one attached hydrogen (secondary N) is 1. The second kappa shape index (κ2) is 7.29. The van der Waals surface area contributed by atoms with Gasteiger partial charge in [-0.1, -0.05) is 30.3 Å². The number of amides is 1. The molecule has 1 rings (SSSR count). The first kappa shape index (κ1) is 15.7. The maximum Gasteiger partial charge on any atom is 0.223 e. The lowest BCUT2D eigenvalue weighted by Crippen LogP contribution is -2.39. The third kappa shape index (κ3) is 6.97. The highest BCUT2D eigenvalue weighted by molar-refractivity contribution is 5.76. The summed E-state index contributed by atoms with van der Waals surface area (Å²) in [6.45, 7) is 7.83. The molecule has 0 aliphatic carbocycles. The Morgan fingerprint density at radius 1 is 1.21 bits per heavy atom. The summed E-state index contributed by atoms with van der Waals surface area (Å²) in [7, 11) is 1.88. The SMILES string of the molecule is CN(CCc1ccccc1)C(=O)CCNC(C)(C)C. The van der Waals surface area contributed by atoms with E-state index in [2.05, 4.69) is 38.2 Å². The number of hydrogen-bond donors (Lipinski definition) is 1. The van der Waals surface area contributed by atoms with E-state index in [-0.39, 0.29) is 11.4 Å². The largest absolute Gasteiger partial charge is 0.345 e. The zero-order chi connectivity index (χ0) is 14.3. The molecule has 1 N–H and O–H groups in total. The van der Waals surface area contributed by atoms with Gasteiger partial charge in [0.15, 0.2) is 0 Å². The van der Waals surface area contributed by atoms with Gasteiger partial charge in [0.2, 0.25) is 5.91 Å². The van der Waals surface area contributed by atoms with E-state index in [0.29, 0.717) is 6.42 Å². The summed E-state index contributed by atoms with van der Waals surface area (Å²) < 4.78 is 0. The second-order valence-electron chi connectivity index (χ2n) is 5.98. The van der Waals surface area contributed by atoms with Gasteiger partial charge in [-0.25, -0.2) is 0 Å². The molecular formula is C16H26N2O. The monoisotopic (exact) mass is 262 g/mol. The first-order chi connectivity index (χ1) is 8.88. The normalized spacial score (nSPS) is 11.4. The molecule has 0 atom stereocenters. The van der Waals surface area contributed by atoms with Crippen LogP contribution in [0.5, 0.6) is 0 Å². The quantitative estimate of drug-likeness (QED) is 0.854. The first-order valence-corrected chi connectivity index (χ1v) is 6.91. The molecule has 0 saturated carbocycles. The third-order valence-electron chi connectivity index (χ3n) is 3.00. The maximum atomic E-state index is 11.9. The summed E-state index contributed by atoms with van der Waals surface area (Å²) in [5.41, 5.74) is 1.35. The molecule has 19 heavy (non-hydrogen) atoms. The lowest BCUT2D eigenvalue weighted by Gasteiger charge is -2.22. The highest BCUT2D eigenvalue weighted by atomic mass is 16.2. The first-order valence-electron chi connectivity index (χ1n) is 6.91. The molecule has 106 valence electrons. The molecule has 0 bridgehead atoms. The van der Waals surface area contributed by atoms with Gasteiger partial charge in [0, 0.05) is 32.1 Å². The summed E-state index contributed by atoms with van der Waals surface area (Å²) >= 11 is 0. The predicted molar refractivity (Wildman–Crippen MR) is 80.2 cm³/mol. The van der Waals surface area contributed by atoms with Crippen LogP contribution in [0.3, 0.4) is 0 Å². The van der Waals surface area contributed by atoms with Crippen LogP contribution in [0.2, 0.25) is 0 Å². The van der Waals surface area contributed by atoms with E-state index in [1.165, 1.54) is 5.56 Å². The fourth-order valence-electron chi connectivity index (χ4n) is 1.80. The van der Waals surface area contributed by atoms with E-state index in [1.54, 1.807) is 0 Å². The van der Waals surface area contributed by atoms with Crippen molar-refractivity contribution in [1.82, 2.24) is 10.2 Å². The van der Waals surface area contributed by atoms with Crippen LogP contribution < -0.4 is 5.32 Å². The topological polar surface area (TPSA) is 32.3 Å². The van der Waals surface area contributed by atoms with Crippen molar-refractivity contribution in [2.75, 3.05) is 20.1 Å². The zero-order valence-electron chi connectivity index (χ0n) is 12.6. The Morgan fingerprint density at radius 2 is 1.84 bits per heavy atom. The molecule has 1 amide bonds. The van der Waals surface area contributed by atoms with E-state index in [4.69, 9.17) is 0 Å². The Hall–Kier alpha value is -1.35. The van der Waals surface area contributed by atoms with Crippen molar-refractivity contribution in [3.63, 3.8) is 0 Å². The van der Waals surface area contributed by atoms with Gasteiger partial charge in [-0.2, -0.15) is 0 Å². The molecule has 0 heterocycles. The Morgan fingerprint density at radius 3 is 2.42 bits per heavy atom. The minimum atomic E-state index is 0.0723. The van der Waals surface area contributed by atoms with Crippen LogP contribution in [0.25, 0.3) is 0 Å². The van der Waals surface area contributed by atoms with Crippen LogP contribution in [0.4, 0.5) is 0 Å². The summed E-state index contributed by atoms with van der Waals surface area (Å²) in [4.78, 5) is 13.8. The smallest absolute Gasteiger partial charge is 0.223 e. The van der Waals surface area contributed by atoms with Gasteiger partial charge in [0.1, 0.15) is 0 Å². The lowest BCUT2D eigenvalue weighted by molar-refractivity contribution is -0.129. The lowest BCUT2D eigenvalue weighted by atomic mass is 10.1. The number of rotatable bonds is 6. The fraction of sp³-hybridized carbons (Fsp3) is 0.562. The predicted octanol–water partition coefficient (Wildman–Crippen LogP) is 2.47. The molecule has 0 aliphatic rings. The number of carbonyl (C=O) groups is 1. The van der Waals surface area contributed by atoms with E-state index in [0.717, 1.165) is 19.5 Å². The average molecular weight is 262 g/mol. The highest BCUT2D eigenvalue weighted by Crippen LogP contribution is 2.02. The van der Waals surface area contributed by atoms with Crippen molar-refractivity contribution < 1.29 is 4.79 Å². The summed E-state index contributed by atoms with van der Waals surface area (Å²) in [6.07, 6.45) is 1.47. The van der Waals surface area contributed by atoms with Crippen LogP contribution in [-0.4, -0.2) is 36.5 Å². The number of likely N-dealkylation sites (N-methyl/N-ethyl adjacent to an activating group) is 1. The summed E-state index contributed by atoms with van der Waals surface area (Å²) in [5.74, 6) is 0.202. The molecule has 0 spiro atoms. The van der Waals surface area contributed by atoms with E-state index in [1.807, 2.05) is 30.1 Å². The van der Waals surface area contributed by atoms with Crippen LogP contribution in [-0.2, 0) is 11.2 Å². The Kier molecular flexibility index (Phi) is 6.03. The molecule has 0 saturated heterocycles. The average Bonchev–Trinajstić information content (AvgIpc) is 2.35. The van der Waals surface area contributed by atoms with Crippen molar-refractivity contribution >= 4 is 5.91 Å². The Balaban J connectivity index is 2.25. The number of nitrogens with zero attached hydrogens (tertiary/aromatic N) is 1. The Labute approximate surface area is 117 Å². The van der Waals surface area contributed by atoms with E-state index < -0.39 is 0 Å².